The molecule has 0 aliphatic carbocycles. The van der Waals surface area contributed by atoms with Gasteiger partial charge in [-0.05, 0) is 29.9 Å². The highest BCUT2D eigenvalue weighted by Crippen LogP contribution is 2.15. The molecule has 94 valence electrons. The van der Waals surface area contributed by atoms with Gasteiger partial charge in [0, 0.05) is 12.0 Å². The second-order valence-corrected chi connectivity index (χ2v) is 5.44. The quantitative estimate of drug-likeness (QED) is 0.660. The number of hydrogen-bond donors (Lipinski definition) is 0. The minimum atomic E-state index is 0.282. The highest BCUT2D eigenvalue weighted by atomic mass is 16.1. The Morgan fingerprint density at radius 3 is 2.53 bits per heavy atom. The van der Waals surface area contributed by atoms with E-state index in [1.165, 1.54) is 5.56 Å². The SMILES string of the molecule is CCC(C)CC(=O)c1cccc(CC(C)C)c1. The van der Waals surface area contributed by atoms with Crippen LogP contribution in [0.2, 0.25) is 0 Å². The summed E-state index contributed by atoms with van der Waals surface area (Å²) in [4.78, 5) is 12.1. The van der Waals surface area contributed by atoms with Gasteiger partial charge in [-0.25, -0.2) is 0 Å². The molecule has 17 heavy (non-hydrogen) atoms. The number of carbonyl (C=O) groups excluding carboxylic acids is 1. The van der Waals surface area contributed by atoms with Gasteiger partial charge in [0.05, 0.1) is 0 Å². The fourth-order valence-electron chi connectivity index (χ4n) is 1.92. The normalized spacial score (nSPS) is 12.8. The molecule has 1 atom stereocenters. The van der Waals surface area contributed by atoms with E-state index < -0.39 is 0 Å². The van der Waals surface area contributed by atoms with Crippen molar-refractivity contribution in [1.29, 1.82) is 0 Å². The third kappa shape index (κ3) is 4.72. The van der Waals surface area contributed by atoms with Gasteiger partial charge in [-0.3, -0.25) is 4.79 Å². The van der Waals surface area contributed by atoms with Crippen molar-refractivity contribution in [1.82, 2.24) is 0 Å². The third-order valence-electron chi connectivity index (χ3n) is 3.12. The molecule has 1 aromatic carbocycles. The molecule has 0 N–H and O–H groups in total. The van der Waals surface area contributed by atoms with E-state index in [2.05, 4.69) is 39.8 Å². The standard InChI is InChI=1S/C16H24O/c1-5-13(4)10-16(17)15-8-6-7-14(11-15)9-12(2)3/h6-8,11-13H,5,9-10H2,1-4H3. The summed E-state index contributed by atoms with van der Waals surface area (Å²) in [5.74, 6) is 1.40. The topological polar surface area (TPSA) is 17.1 Å². The Morgan fingerprint density at radius 1 is 1.24 bits per heavy atom. The van der Waals surface area contributed by atoms with Crippen LogP contribution in [0.1, 0.15) is 56.5 Å². The van der Waals surface area contributed by atoms with Crippen LogP contribution in [-0.2, 0) is 6.42 Å². The van der Waals surface area contributed by atoms with Crippen LogP contribution in [0.15, 0.2) is 24.3 Å². The smallest absolute Gasteiger partial charge is 0.163 e. The number of rotatable bonds is 6. The summed E-state index contributed by atoms with van der Waals surface area (Å²) in [6, 6.07) is 8.11. The molecule has 0 bridgehead atoms. The molecular weight excluding hydrogens is 208 g/mol. The van der Waals surface area contributed by atoms with Crippen LogP contribution >= 0.6 is 0 Å². The van der Waals surface area contributed by atoms with Crippen molar-refractivity contribution in [2.45, 2.75) is 47.0 Å². The lowest BCUT2D eigenvalue weighted by Crippen LogP contribution is -2.06. The van der Waals surface area contributed by atoms with Crippen LogP contribution < -0.4 is 0 Å². The van der Waals surface area contributed by atoms with Crippen LogP contribution in [0.4, 0.5) is 0 Å². The first-order valence-corrected chi connectivity index (χ1v) is 6.65. The molecule has 1 nitrogen and oxygen atoms in total. The molecular formula is C16H24O. The molecule has 1 rings (SSSR count). The van der Waals surface area contributed by atoms with E-state index in [-0.39, 0.29) is 5.78 Å². The number of benzene rings is 1. The maximum Gasteiger partial charge on any atom is 0.163 e. The van der Waals surface area contributed by atoms with Gasteiger partial charge in [-0.15, -0.1) is 0 Å². The molecule has 0 radical (unpaired) electrons. The summed E-state index contributed by atoms with van der Waals surface area (Å²) in [5.41, 5.74) is 2.15. The van der Waals surface area contributed by atoms with Gasteiger partial charge in [0.25, 0.3) is 0 Å². The summed E-state index contributed by atoms with van der Waals surface area (Å²) in [6.45, 7) is 8.67. The Balaban J connectivity index is 2.73. The van der Waals surface area contributed by atoms with Gasteiger partial charge in [-0.2, -0.15) is 0 Å². The zero-order valence-electron chi connectivity index (χ0n) is 11.5. The Kier molecular flexibility index (Phi) is 5.40. The summed E-state index contributed by atoms with van der Waals surface area (Å²) < 4.78 is 0. The molecule has 0 spiro atoms. The molecule has 0 saturated carbocycles. The average Bonchev–Trinajstić information content (AvgIpc) is 2.28. The summed E-state index contributed by atoms with van der Waals surface area (Å²) in [7, 11) is 0. The van der Waals surface area contributed by atoms with Crippen LogP contribution in [0, 0.1) is 11.8 Å². The van der Waals surface area contributed by atoms with Crippen molar-refractivity contribution >= 4 is 5.78 Å². The van der Waals surface area contributed by atoms with Gasteiger partial charge < -0.3 is 0 Å². The molecule has 0 saturated heterocycles. The highest BCUT2D eigenvalue weighted by Gasteiger charge is 2.10. The second-order valence-electron chi connectivity index (χ2n) is 5.44. The summed E-state index contributed by atoms with van der Waals surface area (Å²) in [5, 5.41) is 0. The van der Waals surface area contributed by atoms with Gasteiger partial charge in [0.1, 0.15) is 0 Å². The number of carbonyl (C=O) groups is 1. The molecule has 0 aromatic heterocycles. The Morgan fingerprint density at radius 2 is 1.94 bits per heavy atom. The first-order chi connectivity index (χ1) is 8.02. The molecule has 0 aliphatic heterocycles. The molecule has 1 unspecified atom stereocenters. The largest absolute Gasteiger partial charge is 0.294 e. The van der Waals surface area contributed by atoms with E-state index in [1.807, 2.05) is 12.1 Å². The zero-order valence-corrected chi connectivity index (χ0v) is 11.5. The second kappa shape index (κ2) is 6.58. The first-order valence-electron chi connectivity index (χ1n) is 6.65. The predicted octanol–water partition coefficient (Wildman–Crippen LogP) is 4.50. The van der Waals surface area contributed by atoms with E-state index in [9.17, 15) is 4.79 Å². The van der Waals surface area contributed by atoms with Gasteiger partial charge in [0.15, 0.2) is 5.78 Å². The average molecular weight is 232 g/mol. The monoisotopic (exact) mass is 232 g/mol. The van der Waals surface area contributed by atoms with Gasteiger partial charge in [0.2, 0.25) is 0 Å². The van der Waals surface area contributed by atoms with Crippen molar-refractivity contribution in [2.24, 2.45) is 11.8 Å². The highest BCUT2D eigenvalue weighted by molar-refractivity contribution is 5.96. The maximum atomic E-state index is 12.1. The summed E-state index contributed by atoms with van der Waals surface area (Å²) in [6.07, 6.45) is 2.78. The van der Waals surface area contributed by atoms with Crippen LogP contribution in [0.3, 0.4) is 0 Å². The lowest BCUT2D eigenvalue weighted by atomic mass is 9.95. The van der Waals surface area contributed by atoms with Crippen molar-refractivity contribution < 1.29 is 4.79 Å². The zero-order chi connectivity index (χ0) is 12.8. The number of hydrogen-bond acceptors (Lipinski definition) is 1. The minimum absolute atomic E-state index is 0.282. The molecule has 1 aromatic rings. The van der Waals surface area contributed by atoms with E-state index in [0.29, 0.717) is 18.3 Å². The number of ketones is 1. The maximum absolute atomic E-state index is 12.1. The van der Waals surface area contributed by atoms with Crippen molar-refractivity contribution in [3.63, 3.8) is 0 Å². The van der Waals surface area contributed by atoms with E-state index in [1.54, 1.807) is 0 Å². The van der Waals surface area contributed by atoms with Crippen molar-refractivity contribution in [2.75, 3.05) is 0 Å². The Hall–Kier alpha value is -1.11. The predicted molar refractivity (Wildman–Crippen MR) is 73.4 cm³/mol. The first kappa shape index (κ1) is 14.0. The molecule has 0 fully saturated rings. The van der Waals surface area contributed by atoms with Gasteiger partial charge in [-0.1, -0.05) is 52.3 Å². The van der Waals surface area contributed by atoms with E-state index in [4.69, 9.17) is 0 Å². The fourth-order valence-corrected chi connectivity index (χ4v) is 1.92. The van der Waals surface area contributed by atoms with Crippen molar-refractivity contribution in [3.05, 3.63) is 35.4 Å². The number of Topliss-reactive ketones (excluding diaryl/α,β-unsaturated/α-hetero) is 1. The van der Waals surface area contributed by atoms with Gasteiger partial charge >= 0.3 is 0 Å². The van der Waals surface area contributed by atoms with E-state index >= 15 is 0 Å². The third-order valence-corrected chi connectivity index (χ3v) is 3.12. The molecule has 0 heterocycles. The molecule has 1 heteroatoms. The fraction of sp³-hybridized carbons (Fsp3) is 0.562. The minimum Gasteiger partial charge on any atom is -0.294 e. The van der Waals surface area contributed by atoms with Crippen LogP contribution in [0.5, 0.6) is 0 Å². The van der Waals surface area contributed by atoms with Crippen LogP contribution in [0.25, 0.3) is 0 Å². The Bertz CT molecular complexity index is 366. The van der Waals surface area contributed by atoms with Crippen LogP contribution in [-0.4, -0.2) is 5.78 Å². The molecule has 0 aliphatic rings. The Labute approximate surface area is 105 Å². The molecule has 0 amide bonds. The summed E-state index contributed by atoms with van der Waals surface area (Å²) >= 11 is 0. The van der Waals surface area contributed by atoms with Crippen molar-refractivity contribution in [3.8, 4) is 0 Å². The lowest BCUT2D eigenvalue weighted by Gasteiger charge is -2.09. The van der Waals surface area contributed by atoms with E-state index in [0.717, 1.165) is 18.4 Å². The lowest BCUT2D eigenvalue weighted by molar-refractivity contribution is 0.0963.